The third kappa shape index (κ3) is 3.14. The van der Waals surface area contributed by atoms with E-state index in [0.29, 0.717) is 19.4 Å². The number of benzene rings is 1. The molecule has 0 spiro atoms. The molecular formula is C14H19BrN2O3S. The maximum atomic E-state index is 12.8. The quantitative estimate of drug-likeness (QED) is 0.812. The molecule has 1 heterocycles. The number of hydrogen-bond donors (Lipinski definition) is 0. The number of carbonyl (C=O) groups excluding carboxylic acids is 1. The first kappa shape index (κ1) is 16.5. The second-order valence-corrected chi connectivity index (χ2v) is 8.16. The second-order valence-electron chi connectivity index (χ2n) is 5.42. The number of carbonyl (C=O) groups is 1. The molecule has 2 rings (SSSR count). The molecule has 0 radical (unpaired) electrons. The van der Waals surface area contributed by atoms with Crippen LogP contribution in [-0.4, -0.2) is 50.2 Å². The summed E-state index contributed by atoms with van der Waals surface area (Å²) < 4.78 is 27.7. The van der Waals surface area contributed by atoms with Crippen LogP contribution in [0.15, 0.2) is 27.6 Å². The minimum absolute atomic E-state index is 0.162. The molecule has 0 unspecified atom stereocenters. The van der Waals surface area contributed by atoms with Crippen molar-refractivity contribution in [2.75, 3.05) is 20.6 Å². The predicted octanol–water partition coefficient (Wildman–Crippen LogP) is 2.00. The average Bonchev–Trinajstić information content (AvgIpc) is 2.90. The van der Waals surface area contributed by atoms with Crippen molar-refractivity contribution in [1.82, 2.24) is 9.21 Å². The van der Waals surface area contributed by atoms with Crippen LogP contribution >= 0.6 is 15.9 Å². The lowest BCUT2D eigenvalue weighted by atomic mass is 10.2. The van der Waals surface area contributed by atoms with E-state index in [1.54, 1.807) is 32.3 Å². The van der Waals surface area contributed by atoms with E-state index < -0.39 is 16.1 Å². The summed E-state index contributed by atoms with van der Waals surface area (Å²) in [6, 6.07) is 4.34. The lowest BCUT2D eigenvalue weighted by Crippen LogP contribution is -2.45. The first-order valence-electron chi connectivity index (χ1n) is 6.74. The maximum Gasteiger partial charge on any atom is 0.243 e. The summed E-state index contributed by atoms with van der Waals surface area (Å²) in [6.45, 7) is 2.23. The Morgan fingerprint density at radius 3 is 2.62 bits per heavy atom. The van der Waals surface area contributed by atoms with Gasteiger partial charge in [0.25, 0.3) is 0 Å². The fourth-order valence-corrected chi connectivity index (χ4v) is 4.47. The van der Waals surface area contributed by atoms with Gasteiger partial charge in [-0.15, -0.1) is 0 Å². The van der Waals surface area contributed by atoms with Crippen molar-refractivity contribution in [3.8, 4) is 0 Å². The predicted molar refractivity (Wildman–Crippen MR) is 84.5 cm³/mol. The second kappa shape index (κ2) is 6.06. The number of likely N-dealkylation sites (N-methyl/N-ethyl adjacent to an activating group) is 1. The Kier molecular flexibility index (Phi) is 4.75. The highest BCUT2D eigenvalue weighted by Gasteiger charge is 2.40. The Balaban J connectivity index is 2.38. The average molecular weight is 375 g/mol. The summed E-state index contributed by atoms with van der Waals surface area (Å²) in [7, 11) is -0.345. The highest BCUT2D eigenvalue weighted by atomic mass is 79.9. The van der Waals surface area contributed by atoms with Crippen molar-refractivity contribution in [2.24, 2.45) is 0 Å². The Labute approximate surface area is 134 Å². The van der Waals surface area contributed by atoms with Gasteiger partial charge in [-0.2, -0.15) is 4.31 Å². The molecule has 0 aromatic heterocycles. The minimum atomic E-state index is -3.64. The van der Waals surface area contributed by atoms with E-state index in [0.717, 1.165) is 10.0 Å². The Morgan fingerprint density at radius 2 is 2.05 bits per heavy atom. The summed E-state index contributed by atoms with van der Waals surface area (Å²) in [5.74, 6) is -0.162. The van der Waals surface area contributed by atoms with E-state index in [2.05, 4.69) is 15.9 Å². The van der Waals surface area contributed by atoms with Gasteiger partial charge in [-0.25, -0.2) is 8.42 Å². The molecule has 1 amide bonds. The van der Waals surface area contributed by atoms with Crippen LogP contribution in [0.5, 0.6) is 0 Å². The van der Waals surface area contributed by atoms with Crippen molar-refractivity contribution >= 4 is 31.9 Å². The highest BCUT2D eigenvalue weighted by Crippen LogP contribution is 2.28. The Morgan fingerprint density at radius 1 is 1.38 bits per heavy atom. The Bertz CT molecular complexity index is 658. The van der Waals surface area contributed by atoms with Crippen molar-refractivity contribution in [3.05, 3.63) is 28.2 Å². The number of nitrogens with zero attached hydrogens (tertiary/aromatic N) is 2. The number of rotatable bonds is 3. The van der Waals surface area contributed by atoms with Crippen LogP contribution in [0.2, 0.25) is 0 Å². The molecule has 0 aliphatic carbocycles. The zero-order valence-corrected chi connectivity index (χ0v) is 14.7. The van der Waals surface area contributed by atoms with Crippen molar-refractivity contribution < 1.29 is 13.2 Å². The number of aryl methyl sites for hydroxylation is 1. The summed E-state index contributed by atoms with van der Waals surface area (Å²) in [4.78, 5) is 13.9. The first-order valence-corrected chi connectivity index (χ1v) is 8.97. The van der Waals surface area contributed by atoms with Crippen LogP contribution in [-0.2, 0) is 14.8 Å². The number of sulfonamides is 1. The lowest BCUT2D eigenvalue weighted by Gasteiger charge is -2.25. The van der Waals surface area contributed by atoms with E-state index in [1.165, 1.54) is 9.21 Å². The summed E-state index contributed by atoms with van der Waals surface area (Å²) >= 11 is 3.36. The zero-order valence-electron chi connectivity index (χ0n) is 12.3. The fraction of sp³-hybridized carbons (Fsp3) is 0.500. The molecule has 1 aliphatic rings. The van der Waals surface area contributed by atoms with E-state index in [9.17, 15) is 13.2 Å². The lowest BCUT2D eigenvalue weighted by molar-refractivity contribution is -0.132. The van der Waals surface area contributed by atoms with Gasteiger partial charge in [0.15, 0.2) is 0 Å². The molecule has 0 bridgehead atoms. The topological polar surface area (TPSA) is 57.7 Å². The molecular weight excluding hydrogens is 356 g/mol. The number of amides is 1. The summed E-state index contributed by atoms with van der Waals surface area (Å²) in [6.07, 6.45) is 1.28. The molecule has 21 heavy (non-hydrogen) atoms. The van der Waals surface area contributed by atoms with Gasteiger partial charge in [0.05, 0.1) is 4.90 Å². The van der Waals surface area contributed by atoms with Gasteiger partial charge in [0, 0.05) is 25.1 Å². The van der Waals surface area contributed by atoms with Crippen molar-refractivity contribution in [3.63, 3.8) is 0 Å². The summed E-state index contributed by atoms with van der Waals surface area (Å²) in [5.41, 5.74) is 0.853. The number of hydrogen-bond acceptors (Lipinski definition) is 3. The molecule has 1 fully saturated rings. The largest absolute Gasteiger partial charge is 0.347 e. The number of halogens is 1. The first-order chi connectivity index (χ1) is 9.75. The van der Waals surface area contributed by atoms with E-state index in [1.807, 2.05) is 6.92 Å². The van der Waals surface area contributed by atoms with Gasteiger partial charge in [0.2, 0.25) is 15.9 Å². The van der Waals surface area contributed by atoms with Gasteiger partial charge >= 0.3 is 0 Å². The van der Waals surface area contributed by atoms with Gasteiger partial charge in [0.1, 0.15) is 6.04 Å². The van der Waals surface area contributed by atoms with Gasteiger partial charge in [-0.3, -0.25) is 4.79 Å². The molecule has 1 saturated heterocycles. The van der Waals surface area contributed by atoms with Gasteiger partial charge in [-0.1, -0.05) is 15.9 Å². The van der Waals surface area contributed by atoms with E-state index >= 15 is 0 Å². The minimum Gasteiger partial charge on any atom is -0.347 e. The SMILES string of the molecule is Cc1cc(S(=O)(=O)N2CCC[C@@H]2C(=O)N(C)C)ccc1Br. The van der Waals surface area contributed by atoms with Crippen LogP contribution in [0.3, 0.4) is 0 Å². The molecule has 0 N–H and O–H groups in total. The smallest absolute Gasteiger partial charge is 0.243 e. The molecule has 7 heteroatoms. The van der Waals surface area contributed by atoms with Crippen LogP contribution < -0.4 is 0 Å². The molecule has 116 valence electrons. The van der Waals surface area contributed by atoms with Crippen molar-refractivity contribution in [2.45, 2.75) is 30.7 Å². The van der Waals surface area contributed by atoms with E-state index in [-0.39, 0.29) is 10.8 Å². The third-order valence-corrected chi connectivity index (χ3v) is 6.46. The molecule has 0 saturated carbocycles. The van der Waals surface area contributed by atoms with Crippen LogP contribution in [0.1, 0.15) is 18.4 Å². The fourth-order valence-electron chi connectivity index (χ4n) is 2.49. The zero-order chi connectivity index (χ0) is 15.8. The van der Waals surface area contributed by atoms with Crippen molar-refractivity contribution in [1.29, 1.82) is 0 Å². The molecule has 1 aromatic rings. The van der Waals surface area contributed by atoms with Crippen LogP contribution in [0, 0.1) is 6.92 Å². The van der Waals surface area contributed by atoms with Crippen LogP contribution in [0.25, 0.3) is 0 Å². The standard InChI is InChI=1S/C14H19BrN2O3S/c1-10-9-11(6-7-12(10)15)21(19,20)17-8-4-5-13(17)14(18)16(2)3/h6-7,9,13H,4-5,8H2,1-3H3/t13-/m1/s1. The third-order valence-electron chi connectivity index (χ3n) is 3.67. The van der Waals surface area contributed by atoms with Gasteiger partial charge < -0.3 is 4.90 Å². The molecule has 1 atom stereocenters. The molecule has 1 aliphatic heterocycles. The van der Waals surface area contributed by atoms with E-state index in [4.69, 9.17) is 0 Å². The molecule has 1 aromatic carbocycles. The Hall–Kier alpha value is -0.920. The van der Waals surface area contributed by atoms with Crippen LogP contribution in [0.4, 0.5) is 0 Å². The summed E-state index contributed by atoms with van der Waals surface area (Å²) in [5, 5.41) is 0. The maximum absolute atomic E-state index is 12.8. The monoisotopic (exact) mass is 374 g/mol. The highest BCUT2D eigenvalue weighted by molar-refractivity contribution is 9.10. The molecule has 5 nitrogen and oxygen atoms in total. The van der Waals surface area contributed by atoms with Gasteiger partial charge in [-0.05, 0) is 43.5 Å². The normalized spacial score (nSPS) is 19.7.